The van der Waals surface area contributed by atoms with Crippen molar-refractivity contribution in [2.45, 2.75) is 9.79 Å². The lowest BCUT2D eigenvalue weighted by Crippen LogP contribution is -2.38. The molecule has 0 aromatic heterocycles. The van der Waals surface area contributed by atoms with Gasteiger partial charge in [0, 0.05) is 11.0 Å². The monoisotopic (exact) mass is 472 g/mol. The number of amides is 1. The largest absolute Gasteiger partial charge is 0.497 e. The van der Waals surface area contributed by atoms with E-state index < -0.39 is 22.5 Å². The van der Waals surface area contributed by atoms with Gasteiger partial charge < -0.3 is 14.8 Å². The summed E-state index contributed by atoms with van der Waals surface area (Å²) >= 11 is 1.48. The first-order chi connectivity index (χ1) is 15.4. The Balaban J connectivity index is 2.05. The van der Waals surface area contributed by atoms with E-state index in [2.05, 4.69) is 5.32 Å². The average Bonchev–Trinajstić information content (AvgIpc) is 2.83. The molecular weight excluding hydrogens is 448 g/mol. The normalized spacial score (nSPS) is 11.0. The Bertz CT molecular complexity index is 1180. The highest BCUT2D eigenvalue weighted by Gasteiger charge is 2.30. The first-order valence-electron chi connectivity index (χ1n) is 9.63. The van der Waals surface area contributed by atoms with Crippen LogP contribution in [0.2, 0.25) is 0 Å². The smallest absolute Gasteiger partial charge is 0.264 e. The van der Waals surface area contributed by atoms with Crippen molar-refractivity contribution in [2.24, 2.45) is 0 Å². The topological polar surface area (TPSA) is 84.9 Å². The molecule has 0 saturated heterocycles. The Morgan fingerprint density at radius 3 is 2.31 bits per heavy atom. The molecule has 3 rings (SSSR count). The predicted octanol–water partition coefficient (Wildman–Crippen LogP) is 4.26. The molecule has 3 aromatic carbocycles. The fourth-order valence-corrected chi connectivity index (χ4v) is 5.08. The summed E-state index contributed by atoms with van der Waals surface area (Å²) in [5.41, 5.74) is 0.809. The van der Waals surface area contributed by atoms with Crippen LogP contribution in [0.5, 0.6) is 11.5 Å². The lowest BCUT2D eigenvalue weighted by molar-refractivity contribution is -0.114. The summed E-state index contributed by atoms with van der Waals surface area (Å²) in [5.74, 6) is 0.237. The van der Waals surface area contributed by atoms with Crippen LogP contribution in [0.1, 0.15) is 0 Å². The fraction of sp³-hybridized carbons (Fsp3) is 0.174. The summed E-state index contributed by atoms with van der Waals surface area (Å²) in [6.07, 6.45) is 1.90. The van der Waals surface area contributed by atoms with Crippen molar-refractivity contribution in [3.63, 3.8) is 0 Å². The van der Waals surface area contributed by atoms with E-state index in [9.17, 15) is 13.2 Å². The second kappa shape index (κ2) is 10.4. The molecule has 0 saturated carbocycles. The number of rotatable bonds is 9. The average molecular weight is 473 g/mol. The fourth-order valence-electron chi connectivity index (χ4n) is 3.08. The van der Waals surface area contributed by atoms with Crippen LogP contribution >= 0.6 is 11.8 Å². The van der Waals surface area contributed by atoms with E-state index in [1.165, 1.54) is 44.2 Å². The molecule has 1 N–H and O–H groups in total. The van der Waals surface area contributed by atoms with Crippen LogP contribution in [0.4, 0.5) is 11.4 Å². The molecule has 0 atom stereocenters. The molecule has 1 amide bonds. The summed E-state index contributed by atoms with van der Waals surface area (Å²) in [4.78, 5) is 13.9. The minimum absolute atomic E-state index is 0.0576. The molecule has 0 fully saturated rings. The third-order valence-electron chi connectivity index (χ3n) is 4.65. The van der Waals surface area contributed by atoms with E-state index in [0.29, 0.717) is 17.2 Å². The quantitative estimate of drug-likeness (QED) is 0.469. The SMILES string of the molecule is COc1ccc(OC)c(N(CC(=O)Nc2ccccc2SC)S(=O)(=O)c2ccccc2)c1. The van der Waals surface area contributed by atoms with Gasteiger partial charge in [-0.3, -0.25) is 9.10 Å². The number of benzene rings is 3. The molecule has 0 heterocycles. The number of hydrogen-bond acceptors (Lipinski definition) is 6. The highest BCUT2D eigenvalue weighted by molar-refractivity contribution is 7.98. The Morgan fingerprint density at radius 2 is 1.66 bits per heavy atom. The Labute approximate surface area is 192 Å². The Morgan fingerprint density at radius 1 is 0.969 bits per heavy atom. The Hall–Kier alpha value is -3.17. The highest BCUT2D eigenvalue weighted by atomic mass is 32.2. The molecule has 32 heavy (non-hydrogen) atoms. The van der Waals surface area contributed by atoms with Crippen LogP contribution in [-0.2, 0) is 14.8 Å². The van der Waals surface area contributed by atoms with Gasteiger partial charge in [0.05, 0.1) is 30.5 Å². The molecule has 9 heteroatoms. The van der Waals surface area contributed by atoms with Gasteiger partial charge in [-0.25, -0.2) is 8.42 Å². The molecule has 0 aliphatic rings. The van der Waals surface area contributed by atoms with Crippen LogP contribution in [0, 0.1) is 0 Å². The summed E-state index contributed by atoms with van der Waals surface area (Å²) in [5, 5.41) is 2.81. The van der Waals surface area contributed by atoms with Gasteiger partial charge in [0.15, 0.2) is 0 Å². The predicted molar refractivity (Wildman–Crippen MR) is 127 cm³/mol. The number of ether oxygens (including phenoxy) is 2. The third-order valence-corrected chi connectivity index (χ3v) is 7.22. The van der Waals surface area contributed by atoms with Crippen LogP contribution in [0.15, 0.2) is 82.6 Å². The molecule has 0 aliphatic carbocycles. The van der Waals surface area contributed by atoms with E-state index in [1.807, 2.05) is 18.4 Å². The number of hydrogen-bond donors (Lipinski definition) is 1. The maximum Gasteiger partial charge on any atom is 0.264 e. The number of para-hydroxylation sites is 1. The van der Waals surface area contributed by atoms with Gasteiger partial charge in [-0.2, -0.15) is 0 Å². The number of carbonyl (C=O) groups excluding carboxylic acids is 1. The zero-order valence-corrected chi connectivity index (χ0v) is 19.6. The van der Waals surface area contributed by atoms with Crippen molar-refractivity contribution in [3.05, 3.63) is 72.8 Å². The number of carbonyl (C=O) groups is 1. The summed E-state index contributed by atoms with van der Waals surface area (Å²) in [7, 11) is -1.17. The molecule has 0 bridgehead atoms. The van der Waals surface area contributed by atoms with Crippen molar-refractivity contribution in [1.29, 1.82) is 0 Å². The lowest BCUT2D eigenvalue weighted by atomic mass is 10.2. The van der Waals surface area contributed by atoms with Crippen molar-refractivity contribution in [1.82, 2.24) is 0 Å². The van der Waals surface area contributed by atoms with Crippen LogP contribution in [-0.4, -0.2) is 41.3 Å². The molecule has 0 aliphatic heterocycles. The second-order valence-corrected chi connectivity index (χ2v) is 9.32. The number of anilines is 2. The maximum absolute atomic E-state index is 13.6. The van der Waals surface area contributed by atoms with Crippen molar-refractivity contribution in [3.8, 4) is 11.5 Å². The molecule has 7 nitrogen and oxygen atoms in total. The molecule has 0 radical (unpaired) electrons. The van der Waals surface area contributed by atoms with Gasteiger partial charge >= 0.3 is 0 Å². The molecule has 0 spiro atoms. The van der Waals surface area contributed by atoms with Crippen molar-refractivity contribution >= 4 is 39.1 Å². The Kier molecular flexibility index (Phi) is 7.66. The first-order valence-corrected chi connectivity index (χ1v) is 12.3. The molecule has 168 valence electrons. The van der Waals surface area contributed by atoms with Crippen LogP contribution < -0.4 is 19.1 Å². The van der Waals surface area contributed by atoms with Gasteiger partial charge in [0.2, 0.25) is 5.91 Å². The summed E-state index contributed by atoms with van der Waals surface area (Å²) in [6, 6.07) is 20.1. The third kappa shape index (κ3) is 5.17. The maximum atomic E-state index is 13.6. The standard InChI is InChI=1S/C23H24N2O5S2/c1-29-17-13-14-21(30-2)20(15-17)25(32(27,28)18-9-5-4-6-10-18)16-23(26)24-19-11-7-8-12-22(19)31-3/h4-15H,16H2,1-3H3,(H,24,26). The van der Waals surface area contributed by atoms with Gasteiger partial charge in [-0.1, -0.05) is 30.3 Å². The van der Waals surface area contributed by atoms with E-state index in [4.69, 9.17) is 9.47 Å². The van der Waals surface area contributed by atoms with Crippen LogP contribution in [0.3, 0.4) is 0 Å². The summed E-state index contributed by atoms with van der Waals surface area (Å²) < 4.78 is 38.8. The zero-order valence-electron chi connectivity index (χ0n) is 17.9. The van der Waals surface area contributed by atoms with Gasteiger partial charge in [-0.15, -0.1) is 11.8 Å². The van der Waals surface area contributed by atoms with Gasteiger partial charge in [0.25, 0.3) is 10.0 Å². The van der Waals surface area contributed by atoms with Gasteiger partial charge in [-0.05, 0) is 42.7 Å². The molecular formula is C23H24N2O5S2. The highest BCUT2D eigenvalue weighted by Crippen LogP contribution is 2.35. The zero-order chi connectivity index (χ0) is 23.1. The number of nitrogens with zero attached hydrogens (tertiary/aromatic N) is 1. The number of thioether (sulfide) groups is 1. The number of nitrogens with one attached hydrogen (secondary N) is 1. The minimum Gasteiger partial charge on any atom is -0.497 e. The van der Waals surface area contributed by atoms with Gasteiger partial charge in [0.1, 0.15) is 18.0 Å². The van der Waals surface area contributed by atoms with Crippen molar-refractivity contribution < 1.29 is 22.7 Å². The van der Waals surface area contributed by atoms with E-state index in [0.717, 1.165) is 9.20 Å². The molecule has 0 unspecified atom stereocenters. The second-order valence-electron chi connectivity index (χ2n) is 6.61. The lowest BCUT2D eigenvalue weighted by Gasteiger charge is -2.26. The van der Waals surface area contributed by atoms with E-state index in [-0.39, 0.29) is 10.6 Å². The summed E-state index contributed by atoms with van der Waals surface area (Å²) in [6.45, 7) is -0.455. The van der Waals surface area contributed by atoms with Crippen molar-refractivity contribution in [2.75, 3.05) is 36.6 Å². The number of sulfonamides is 1. The van der Waals surface area contributed by atoms with E-state index in [1.54, 1.807) is 42.5 Å². The number of methoxy groups -OCH3 is 2. The minimum atomic E-state index is -4.08. The van der Waals surface area contributed by atoms with Crippen LogP contribution in [0.25, 0.3) is 0 Å². The molecule has 3 aromatic rings. The first kappa shape index (κ1) is 23.5. The van der Waals surface area contributed by atoms with E-state index >= 15 is 0 Å².